The van der Waals surface area contributed by atoms with Crippen molar-refractivity contribution in [3.8, 4) is 11.6 Å². The number of imidazole rings is 1. The molecule has 2 heterocycles. The number of nitrogens with one attached hydrogen (secondary N) is 1. The van der Waals surface area contributed by atoms with Crippen molar-refractivity contribution >= 4 is 11.2 Å². The summed E-state index contributed by atoms with van der Waals surface area (Å²) in [6, 6.07) is 10.1. The number of nitrogens with zero attached hydrogens (tertiary/aromatic N) is 3. The van der Waals surface area contributed by atoms with E-state index in [1.165, 1.54) is 6.33 Å². The van der Waals surface area contributed by atoms with E-state index in [0.717, 1.165) is 0 Å². The smallest absolute Gasteiger partial charge is 0.250 e. The highest BCUT2D eigenvalue weighted by molar-refractivity contribution is 5.75. The van der Waals surface area contributed by atoms with E-state index >= 15 is 0 Å². The second-order valence-electron chi connectivity index (χ2n) is 3.12. The minimum atomic E-state index is 0.442. The molecule has 16 heavy (non-hydrogen) atoms. The van der Waals surface area contributed by atoms with Gasteiger partial charge in [0.05, 0.1) is 6.33 Å². The van der Waals surface area contributed by atoms with Crippen LogP contribution in [0.1, 0.15) is 0 Å². The zero-order valence-corrected chi connectivity index (χ0v) is 8.21. The van der Waals surface area contributed by atoms with Gasteiger partial charge in [-0.2, -0.15) is 4.98 Å². The Labute approximate surface area is 91.2 Å². The summed E-state index contributed by atoms with van der Waals surface area (Å²) in [6.45, 7) is 0. The summed E-state index contributed by atoms with van der Waals surface area (Å²) in [4.78, 5) is 15.1. The van der Waals surface area contributed by atoms with Crippen LogP contribution in [0.25, 0.3) is 11.2 Å². The number of hydrogen-bond donors (Lipinski definition) is 1. The summed E-state index contributed by atoms with van der Waals surface area (Å²) in [5.41, 5.74) is 1.28. The molecule has 1 N–H and O–H groups in total. The van der Waals surface area contributed by atoms with E-state index in [9.17, 15) is 0 Å². The average Bonchev–Trinajstić information content (AvgIpc) is 2.80. The largest absolute Gasteiger partial charge is 0.437 e. The predicted molar refractivity (Wildman–Crippen MR) is 57.0 cm³/mol. The fourth-order valence-corrected chi connectivity index (χ4v) is 1.37. The van der Waals surface area contributed by atoms with Gasteiger partial charge in [0, 0.05) is 0 Å². The van der Waals surface area contributed by atoms with Gasteiger partial charge in [-0.1, -0.05) is 12.1 Å². The van der Waals surface area contributed by atoms with Crippen molar-refractivity contribution in [1.82, 2.24) is 19.9 Å². The quantitative estimate of drug-likeness (QED) is 0.703. The van der Waals surface area contributed by atoms with Crippen LogP contribution >= 0.6 is 0 Å². The molecule has 0 spiro atoms. The van der Waals surface area contributed by atoms with Gasteiger partial charge in [-0.15, -0.1) is 0 Å². The van der Waals surface area contributed by atoms with Crippen molar-refractivity contribution in [2.75, 3.05) is 0 Å². The molecule has 0 aliphatic rings. The first-order chi connectivity index (χ1) is 7.93. The Kier molecular flexibility index (Phi) is 2.00. The normalized spacial score (nSPS) is 10.5. The maximum atomic E-state index is 5.60. The molecule has 1 radical (unpaired) electrons. The minimum absolute atomic E-state index is 0.442. The topological polar surface area (TPSA) is 63.7 Å². The van der Waals surface area contributed by atoms with E-state index in [1.807, 2.05) is 0 Å². The summed E-state index contributed by atoms with van der Waals surface area (Å²) in [5, 5.41) is 0. The van der Waals surface area contributed by atoms with Crippen molar-refractivity contribution in [3.63, 3.8) is 0 Å². The van der Waals surface area contributed by atoms with E-state index in [1.54, 1.807) is 30.6 Å². The molecule has 77 valence electrons. The predicted octanol–water partition coefficient (Wildman–Crippen LogP) is 1.95. The molecule has 0 bridgehead atoms. The molecule has 3 aromatic rings. The van der Waals surface area contributed by atoms with Crippen molar-refractivity contribution in [1.29, 1.82) is 0 Å². The van der Waals surface area contributed by atoms with Crippen LogP contribution in [0.3, 0.4) is 0 Å². The number of hydrogen-bond acceptors (Lipinski definition) is 4. The number of rotatable bonds is 2. The van der Waals surface area contributed by atoms with Gasteiger partial charge < -0.3 is 9.72 Å². The fraction of sp³-hybridized carbons (Fsp3) is 0. The fourth-order valence-electron chi connectivity index (χ4n) is 1.37. The van der Waals surface area contributed by atoms with Gasteiger partial charge >= 0.3 is 0 Å². The highest BCUT2D eigenvalue weighted by atomic mass is 16.5. The number of ether oxygens (including phenoxy) is 1. The number of benzene rings is 1. The van der Waals surface area contributed by atoms with Gasteiger partial charge in [0.1, 0.15) is 12.1 Å². The second-order valence-corrected chi connectivity index (χ2v) is 3.12. The Bertz CT molecular complexity index is 605. The van der Waals surface area contributed by atoms with Gasteiger partial charge in [0.25, 0.3) is 5.88 Å². The lowest BCUT2D eigenvalue weighted by Gasteiger charge is -2.03. The van der Waals surface area contributed by atoms with Crippen LogP contribution in [0, 0.1) is 6.07 Å². The summed E-state index contributed by atoms with van der Waals surface area (Å²) in [5.74, 6) is 1.14. The molecule has 0 amide bonds. The highest BCUT2D eigenvalue weighted by Crippen LogP contribution is 2.23. The molecule has 0 unspecified atom stereocenters. The Morgan fingerprint density at radius 3 is 2.88 bits per heavy atom. The molecule has 0 saturated heterocycles. The van der Waals surface area contributed by atoms with E-state index in [2.05, 4.69) is 26.0 Å². The van der Waals surface area contributed by atoms with Gasteiger partial charge in [-0.05, 0) is 18.2 Å². The number of H-pyrrole nitrogens is 1. The monoisotopic (exact) mass is 211 g/mol. The van der Waals surface area contributed by atoms with Crippen LogP contribution in [0.15, 0.2) is 36.9 Å². The lowest BCUT2D eigenvalue weighted by atomic mass is 10.3. The highest BCUT2D eigenvalue weighted by Gasteiger charge is 2.07. The molecule has 0 aliphatic heterocycles. The third kappa shape index (κ3) is 1.48. The van der Waals surface area contributed by atoms with E-state index in [-0.39, 0.29) is 0 Å². The van der Waals surface area contributed by atoms with Crippen LogP contribution in [0.4, 0.5) is 0 Å². The van der Waals surface area contributed by atoms with E-state index in [4.69, 9.17) is 4.74 Å². The molecular formula is C11H7N4O. The lowest BCUT2D eigenvalue weighted by Crippen LogP contribution is -1.90. The average molecular weight is 211 g/mol. The lowest BCUT2D eigenvalue weighted by molar-refractivity contribution is 0.467. The Balaban J connectivity index is 2.04. The molecule has 0 saturated carbocycles. The van der Waals surface area contributed by atoms with Crippen molar-refractivity contribution < 1.29 is 4.74 Å². The molecule has 2 aromatic heterocycles. The third-order valence-corrected chi connectivity index (χ3v) is 2.09. The molecule has 3 rings (SSSR count). The summed E-state index contributed by atoms with van der Waals surface area (Å²) in [6.07, 6.45) is 3.00. The number of fused-ring (bicyclic) bond motifs is 1. The van der Waals surface area contributed by atoms with Crippen molar-refractivity contribution in [2.24, 2.45) is 0 Å². The summed E-state index contributed by atoms with van der Waals surface area (Å²) in [7, 11) is 0. The van der Waals surface area contributed by atoms with E-state index < -0.39 is 0 Å². The number of aromatic nitrogens is 4. The Morgan fingerprint density at radius 2 is 2.00 bits per heavy atom. The Hall–Kier alpha value is -2.43. The standard InChI is InChI=1S/C11H7N4O/c1-2-4-8(5-3-1)16-11-9-10(13-6-12-9)14-7-15-11/h2-7H,(H,12,13,14,15). The first-order valence-corrected chi connectivity index (χ1v) is 4.71. The zero-order valence-electron chi connectivity index (χ0n) is 8.21. The molecule has 0 aliphatic carbocycles. The molecular weight excluding hydrogens is 204 g/mol. The molecule has 0 fully saturated rings. The van der Waals surface area contributed by atoms with Crippen molar-refractivity contribution in [3.05, 3.63) is 43.0 Å². The SMILES string of the molecule is [c]1ccc(Oc2ncnc3[nH]cnc23)cc1. The summed E-state index contributed by atoms with van der Waals surface area (Å²) >= 11 is 0. The van der Waals surface area contributed by atoms with Crippen molar-refractivity contribution in [2.45, 2.75) is 0 Å². The maximum absolute atomic E-state index is 5.60. The van der Waals surface area contributed by atoms with Gasteiger partial charge in [0.2, 0.25) is 0 Å². The van der Waals surface area contributed by atoms with Crippen LogP contribution in [0.5, 0.6) is 11.6 Å². The van der Waals surface area contributed by atoms with E-state index in [0.29, 0.717) is 22.8 Å². The number of aromatic amines is 1. The first-order valence-electron chi connectivity index (χ1n) is 4.71. The molecule has 1 aromatic carbocycles. The summed E-state index contributed by atoms with van der Waals surface area (Å²) < 4.78 is 5.60. The van der Waals surface area contributed by atoms with Crippen LogP contribution in [-0.4, -0.2) is 19.9 Å². The maximum Gasteiger partial charge on any atom is 0.250 e. The van der Waals surface area contributed by atoms with Crippen LogP contribution < -0.4 is 4.74 Å². The van der Waals surface area contributed by atoms with Crippen LogP contribution in [-0.2, 0) is 0 Å². The third-order valence-electron chi connectivity index (χ3n) is 2.09. The Morgan fingerprint density at radius 1 is 1.12 bits per heavy atom. The van der Waals surface area contributed by atoms with Gasteiger partial charge in [-0.3, -0.25) is 0 Å². The second kappa shape index (κ2) is 3.62. The first kappa shape index (κ1) is 8.84. The van der Waals surface area contributed by atoms with Crippen LogP contribution in [0.2, 0.25) is 0 Å². The minimum Gasteiger partial charge on any atom is -0.437 e. The van der Waals surface area contributed by atoms with Gasteiger partial charge in [-0.25, -0.2) is 9.97 Å². The molecule has 5 nitrogen and oxygen atoms in total. The zero-order chi connectivity index (χ0) is 10.8. The molecule has 0 atom stereocenters. The molecule has 5 heteroatoms. The van der Waals surface area contributed by atoms with Gasteiger partial charge in [0.15, 0.2) is 11.2 Å².